The van der Waals surface area contributed by atoms with Gasteiger partial charge in [0.05, 0.1) is 11.3 Å². The van der Waals surface area contributed by atoms with Gasteiger partial charge in [-0.15, -0.1) is 0 Å². The predicted molar refractivity (Wildman–Crippen MR) is 75.7 cm³/mol. The highest BCUT2D eigenvalue weighted by atomic mass is 16.5. The minimum Gasteiger partial charge on any atom is -0.508 e. The van der Waals surface area contributed by atoms with Gasteiger partial charge in [0.1, 0.15) is 23.4 Å². The van der Waals surface area contributed by atoms with E-state index in [2.05, 4.69) is 0 Å². The first-order chi connectivity index (χ1) is 10.4. The Bertz CT molecular complexity index is 773. The van der Waals surface area contributed by atoms with Crippen LogP contribution < -0.4 is 4.74 Å². The fourth-order valence-electron chi connectivity index (χ4n) is 2.42. The summed E-state index contributed by atoms with van der Waals surface area (Å²) >= 11 is 0. The third-order valence-corrected chi connectivity index (χ3v) is 3.50. The van der Waals surface area contributed by atoms with Crippen LogP contribution in [0.25, 0.3) is 0 Å². The van der Waals surface area contributed by atoms with Crippen LogP contribution in [-0.2, 0) is 0 Å². The molecule has 0 bridgehead atoms. The molecular formula is C15H13NO6. The van der Waals surface area contributed by atoms with Crippen LogP contribution in [0.5, 0.6) is 28.7 Å². The van der Waals surface area contributed by atoms with E-state index in [9.17, 15) is 25.5 Å². The molecule has 22 heavy (non-hydrogen) atoms. The second-order valence-corrected chi connectivity index (χ2v) is 4.98. The zero-order chi connectivity index (χ0) is 16.0. The molecular weight excluding hydrogens is 290 g/mol. The number of hydrogen-bond acceptors (Lipinski definition) is 7. The fraction of sp³-hybridized carbons (Fsp3) is 0.133. The van der Waals surface area contributed by atoms with Gasteiger partial charge in [0, 0.05) is 12.1 Å². The van der Waals surface area contributed by atoms with Crippen molar-refractivity contribution in [2.45, 2.75) is 12.2 Å². The molecule has 2 aromatic carbocycles. The van der Waals surface area contributed by atoms with Crippen molar-refractivity contribution in [3.63, 3.8) is 0 Å². The Labute approximate surface area is 124 Å². The van der Waals surface area contributed by atoms with Crippen molar-refractivity contribution in [3.05, 3.63) is 41.5 Å². The maximum Gasteiger partial charge on any atom is 0.157 e. The molecule has 0 amide bonds. The van der Waals surface area contributed by atoms with Crippen molar-refractivity contribution in [1.29, 1.82) is 5.41 Å². The number of aliphatic hydroxyl groups excluding tert-OH is 1. The van der Waals surface area contributed by atoms with Crippen LogP contribution in [-0.4, -0.2) is 37.3 Å². The van der Waals surface area contributed by atoms with E-state index in [0.717, 1.165) is 6.07 Å². The molecule has 1 aliphatic heterocycles. The summed E-state index contributed by atoms with van der Waals surface area (Å²) in [7, 11) is 0. The summed E-state index contributed by atoms with van der Waals surface area (Å²) < 4.78 is 5.55. The lowest BCUT2D eigenvalue weighted by Gasteiger charge is -2.31. The first-order valence-corrected chi connectivity index (χ1v) is 6.40. The van der Waals surface area contributed by atoms with Gasteiger partial charge in [-0.2, -0.15) is 0 Å². The lowest BCUT2D eigenvalue weighted by Crippen LogP contribution is -2.36. The monoisotopic (exact) mass is 303 g/mol. The van der Waals surface area contributed by atoms with E-state index < -0.39 is 12.2 Å². The van der Waals surface area contributed by atoms with E-state index in [4.69, 9.17) is 10.1 Å². The zero-order valence-corrected chi connectivity index (χ0v) is 11.2. The van der Waals surface area contributed by atoms with Gasteiger partial charge >= 0.3 is 0 Å². The van der Waals surface area contributed by atoms with Crippen LogP contribution in [0.2, 0.25) is 0 Å². The second kappa shape index (κ2) is 4.81. The normalized spacial score (nSPS) is 20.3. The first kappa shape index (κ1) is 14.0. The quantitative estimate of drug-likeness (QED) is 0.441. The van der Waals surface area contributed by atoms with E-state index in [1.165, 1.54) is 24.3 Å². The van der Waals surface area contributed by atoms with Crippen molar-refractivity contribution in [2.24, 2.45) is 0 Å². The number of ether oxygens (including phenoxy) is 1. The molecule has 7 nitrogen and oxygen atoms in total. The molecule has 1 aliphatic rings. The number of hydrogen-bond donors (Lipinski definition) is 6. The lowest BCUT2D eigenvalue weighted by atomic mass is 9.92. The molecule has 2 unspecified atom stereocenters. The summed E-state index contributed by atoms with van der Waals surface area (Å²) in [5.41, 5.74) is 0.0712. The molecule has 2 atom stereocenters. The van der Waals surface area contributed by atoms with E-state index in [1.807, 2.05) is 0 Å². The third kappa shape index (κ3) is 2.08. The number of phenols is 4. The van der Waals surface area contributed by atoms with Crippen LogP contribution in [0.15, 0.2) is 30.3 Å². The average Bonchev–Trinajstić information content (AvgIpc) is 2.45. The van der Waals surface area contributed by atoms with Crippen molar-refractivity contribution in [2.75, 3.05) is 0 Å². The Morgan fingerprint density at radius 2 is 1.64 bits per heavy atom. The van der Waals surface area contributed by atoms with Gasteiger partial charge in [-0.25, -0.2) is 0 Å². The molecule has 0 spiro atoms. The van der Waals surface area contributed by atoms with Crippen LogP contribution in [0, 0.1) is 5.41 Å². The minimum atomic E-state index is -1.38. The topological polar surface area (TPSA) is 134 Å². The number of nitrogens with one attached hydrogen (secondary N) is 1. The smallest absolute Gasteiger partial charge is 0.157 e. The molecule has 0 aromatic heterocycles. The average molecular weight is 303 g/mol. The molecule has 0 aliphatic carbocycles. The van der Waals surface area contributed by atoms with E-state index in [1.54, 1.807) is 0 Å². The van der Waals surface area contributed by atoms with Crippen molar-refractivity contribution >= 4 is 5.71 Å². The SMILES string of the molecule is N=C1c2c(O)cc(O)cc2OC(c2ccc(O)c(O)c2)C1O. The molecule has 3 rings (SSSR count). The predicted octanol–water partition coefficient (Wildman–Crippen LogP) is 1.37. The van der Waals surface area contributed by atoms with Gasteiger partial charge in [0.15, 0.2) is 17.6 Å². The third-order valence-electron chi connectivity index (χ3n) is 3.50. The Morgan fingerprint density at radius 3 is 2.32 bits per heavy atom. The highest BCUT2D eigenvalue weighted by Gasteiger charge is 2.36. The maximum absolute atomic E-state index is 10.2. The number of aromatic hydroxyl groups is 4. The molecule has 0 fully saturated rings. The van der Waals surface area contributed by atoms with Crippen molar-refractivity contribution in [3.8, 4) is 28.7 Å². The number of benzene rings is 2. The molecule has 2 aromatic rings. The largest absolute Gasteiger partial charge is 0.508 e. The molecule has 0 radical (unpaired) electrons. The standard InChI is InChI=1S/C15H13NO6/c16-13-12-10(20)4-7(17)5-11(12)22-15(14(13)21)6-1-2-8(18)9(19)3-6/h1-5,14-21H. The zero-order valence-electron chi connectivity index (χ0n) is 11.2. The lowest BCUT2D eigenvalue weighted by molar-refractivity contribution is 0.0701. The molecule has 0 saturated carbocycles. The molecule has 6 N–H and O–H groups in total. The van der Waals surface area contributed by atoms with E-state index in [-0.39, 0.29) is 40.0 Å². The Balaban J connectivity index is 2.08. The second-order valence-electron chi connectivity index (χ2n) is 4.98. The summed E-state index contributed by atoms with van der Waals surface area (Å²) in [6, 6.07) is 6.16. The number of rotatable bonds is 1. The van der Waals surface area contributed by atoms with Crippen molar-refractivity contribution < 1.29 is 30.3 Å². The van der Waals surface area contributed by atoms with E-state index >= 15 is 0 Å². The summed E-state index contributed by atoms with van der Waals surface area (Å²) in [5.74, 6) is -1.27. The minimum absolute atomic E-state index is 0.00421. The van der Waals surface area contributed by atoms with Gasteiger partial charge in [-0.05, 0) is 17.7 Å². The van der Waals surface area contributed by atoms with Gasteiger partial charge in [-0.1, -0.05) is 6.07 Å². The fourth-order valence-corrected chi connectivity index (χ4v) is 2.42. The summed E-state index contributed by atoms with van der Waals surface area (Å²) in [4.78, 5) is 0. The molecule has 1 heterocycles. The molecule has 7 heteroatoms. The number of aliphatic hydroxyl groups is 1. The Hall–Kier alpha value is -2.93. The Kier molecular flexibility index (Phi) is 3.07. The van der Waals surface area contributed by atoms with Crippen LogP contribution >= 0.6 is 0 Å². The summed E-state index contributed by atoms with van der Waals surface area (Å²) in [5, 5.41) is 56.4. The van der Waals surface area contributed by atoms with Gasteiger partial charge in [-0.3, -0.25) is 0 Å². The highest BCUT2D eigenvalue weighted by molar-refractivity contribution is 6.07. The maximum atomic E-state index is 10.2. The van der Waals surface area contributed by atoms with Crippen LogP contribution in [0.4, 0.5) is 0 Å². The van der Waals surface area contributed by atoms with E-state index in [0.29, 0.717) is 5.56 Å². The van der Waals surface area contributed by atoms with Crippen molar-refractivity contribution in [1.82, 2.24) is 0 Å². The summed E-state index contributed by atoms with van der Waals surface area (Å²) in [6.07, 6.45) is -2.40. The van der Waals surface area contributed by atoms with Crippen LogP contribution in [0.3, 0.4) is 0 Å². The Morgan fingerprint density at radius 1 is 0.909 bits per heavy atom. The summed E-state index contributed by atoms with van der Waals surface area (Å²) in [6.45, 7) is 0. The first-order valence-electron chi connectivity index (χ1n) is 6.40. The highest BCUT2D eigenvalue weighted by Crippen LogP contribution is 2.42. The van der Waals surface area contributed by atoms with Gasteiger partial charge in [0.2, 0.25) is 0 Å². The molecule has 114 valence electrons. The van der Waals surface area contributed by atoms with Gasteiger partial charge in [0.25, 0.3) is 0 Å². The number of phenolic OH excluding ortho intramolecular Hbond substituents is 4. The molecule has 0 saturated heterocycles. The van der Waals surface area contributed by atoms with Crippen LogP contribution in [0.1, 0.15) is 17.2 Å². The van der Waals surface area contributed by atoms with Gasteiger partial charge < -0.3 is 35.7 Å². The number of fused-ring (bicyclic) bond motifs is 1.